The fourth-order valence-corrected chi connectivity index (χ4v) is 3.94. The molecule has 0 aliphatic rings. The predicted molar refractivity (Wildman–Crippen MR) is 146 cm³/mol. The van der Waals surface area contributed by atoms with E-state index in [1.54, 1.807) is 6.20 Å². The van der Waals surface area contributed by atoms with Crippen LogP contribution in [0.1, 0.15) is 17.0 Å². The molecule has 0 aliphatic heterocycles. The first-order valence-corrected chi connectivity index (χ1v) is 12.6. The lowest BCUT2D eigenvalue weighted by Crippen LogP contribution is -2.32. The van der Waals surface area contributed by atoms with Crippen LogP contribution < -0.4 is 15.4 Å². The number of nitrogens with one attached hydrogen (secondary N) is 2. The van der Waals surface area contributed by atoms with Gasteiger partial charge in [-0.25, -0.2) is 4.98 Å². The van der Waals surface area contributed by atoms with Gasteiger partial charge in [-0.3, -0.25) is 4.79 Å². The Morgan fingerprint density at radius 1 is 1.00 bits per heavy atom. The molecule has 1 amide bonds. The average molecular weight is 519 g/mol. The SMILES string of the molecule is O=C(Cc1nccn1Cc1ccc(Cl)cc1)Nc1ccc(CCNC[C@H](O)COc2ccccc2)cc1. The normalized spacial score (nSPS) is 11.7. The number of imidazole rings is 1. The maximum Gasteiger partial charge on any atom is 0.231 e. The molecule has 8 heteroatoms. The molecule has 3 N–H and O–H groups in total. The van der Waals surface area contributed by atoms with Gasteiger partial charge >= 0.3 is 0 Å². The molecule has 0 bridgehead atoms. The van der Waals surface area contributed by atoms with Crippen LogP contribution in [0.5, 0.6) is 5.75 Å². The molecule has 0 aliphatic carbocycles. The Morgan fingerprint density at radius 2 is 1.73 bits per heavy atom. The van der Waals surface area contributed by atoms with Gasteiger partial charge in [0.1, 0.15) is 24.3 Å². The van der Waals surface area contributed by atoms with Crippen molar-refractivity contribution in [2.45, 2.75) is 25.5 Å². The largest absolute Gasteiger partial charge is 0.491 e. The highest BCUT2D eigenvalue weighted by Crippen LogP contribution is 2.14. The van der Waals surface area contributed by atoms with Gasteiger partial charge in [-0.1, -0.05) is 54.1 Å². The number of carbonyl (C=O) groups excluding carboxylic acids is 1. The molecule has 0 saturated heterocycles. The summed E-state index contributed by atoms with van der Waals surface area (Å²) in [6, 6.07) is 24.9. The number of benzene rings is 3. The van der Waals surface area contributed by atoms with Crippen molar-refractivity contribution in [1.29, 1.82) is 0 Å². The van der Waals surface area contributed by atoms with Gasteiger partial charge in [0.15, 0.2) is 0 Å². The Hall–Kier alpha value is -3.65. The van der Waals surface area contributed by atoms with Gasteiger partial charge in [-0.05, 0) is 60.5 Å². The average Bonchev–Trinajstić information content (AvgIpc) is 3.34. The van der Waals surface area contributed by atoms with Crippen molar-refractivity contribution in [1.82, 2.24) is 14.9 Å². The molecule has 1 aromatic heterocycles. The molecule has 1 atom stereocenters. The van der Waals surface area contributed by atoms with Crippen LogP contribution in [-0.4, -0.2) is 46.4 Å². The van der Waals surface area contributed by atoms with E-state index in [9.17, 15) is 9.90 Å². The van der Waals surface area contributed by atoms with Gasteiger partial charge in [0, 0.05) is 36.2 Å². The van der Waals surface area contributed by atoms with Crippen LogP contribution in [0.15, 0.2) is 91.3 Å². The number of aromatic nitrogens is 2. The Morgan fingerprint density at radius 3 is 2.49 bits per heavy atom. The number of aliphatic hydroxyl groups is 1. The Balaban J connectivity index is 1.16. The fraction of sp³-hybridized carbons (Fsp3) is 0.241. The number of anilines is 1. The smallest absolute Gasteiger partial charge is 0.231 e. The van der Waals surface area contributed by atoms with Crippen LogP contribution in [-0.2, 0) is 24.2 Å². The lowest BCUT2D eigenvalue weighted by Gasteiger charge is -2.13. The summed E-state index contributed by atoms with van der Waals surface area (Å²) in [5.74, 6) is 1.33. The summed E-state index contributed by atoms with van der Waals surface area (Å²) in [6.45, 7) is 2.05. The molecule has 37 heavy (non-hydrogen) atoms. The molecule has 192 valence electrons. The topological polar surface area (TPSA) is 88.4 Å². The summed E-state index contributed by atoms with van der Waals surface area (Å²) >= 11 is 5.96. The summed E-state index contributed by atoms with van der Waals surface area (Å²) in [5, 5.41) is 17.0. The number of amides is 1. The lowest BCUT2D eigenvalue weighted by molar-refractivity contribution is -0.115. The second-order valence-electron chi connectivity index (χ2n) is 8.75. The molecular formula is C29H31ClN4O3. The molecule has 7 nitrogen and oxygen atoms in total. The maximum atomic E-state index is 12.6. The van der Waals surface area contributed by atoms with E-state index in [0.717, 1.165) is 35.5 Å². The van der Waals surface area contributed by atoms with Crippen LogP contribution in [0, 0.1) is 0 Å². The maximum absolute atomic E-state index is 12.6. The van der Waals surface area contributed by atoms with Crippen LogP contribution in [0.25, 0.3) is 0 Å². The minimum atomic E-state index is -0.584. The van der Waals surface area contributed by atoms with E-state index in [2.05, 4.69) is 15.6 Å². The van der Waals surface area contributed by atoms with E-state index < -0.39 is 6.10 Å². The molecule has 0 saturated carbocycles. The second kappa shape index (κ2) is 13.6. The van der Waals surface area contributed by atoms with Crippen molar-refractivity contribution in [3.05, 3.63) is 113 Å². The highest BCUT2D eigenvalue weighted by atomic mass is 35.5. The predicted octanol–water partition coefficient (Wildman–Crippen LogP) is 4.34. The zero-order chi connectivity index (χ0) is 25.9. The van der Waals surface area contributed by atoms with Crippen molar-refractivity contribution in [2.24, 2.45) is 0 Å². The van der Waals surface area contributed by atoms with Crippen molar-refractivity contribution >= 4 is 23.2 Å². The van der Waals surface area contributed by atoms with Crippen molar-refractivity contribution in [2.75, 3.05) is 25.0 Å². The number of carbonyl (C=O) groups is 1. The zero-order valence-corrected chi connectivity index (χ0v) is 21.3. The Labute approximate surface area is 222 Å². The number of para-hydroxylation sites is 1. The first-order chi connectivity index (χ1) is 18.0. The van der Waals surface area contributed by atoms with Crippen molar-refractivity contribution in [3.63, 3.8) is 0 Å². The number of ether oxygens (including phenoxy) is 1. The van der Waals surface area contributed by atoms with E-state index in [1.165, 1.54) is 0 Å². The molecule has 4 rings (SSSR count). The summed E-state index contributed by atoms with van der Waals surface area (Å²) in [4.78, 5) is 17.0. The van der Waals surface area contributed by atoms with E-state index in [4.69, 9.17) is 16.3 Å². The molecule has 0 spiro atoms. The molecule has 0 unspecified atom stereocenters. The number of halogens is 1. The Kier molecular flexibility index (Phi) is 9.71. The third-order valence-electron chi connectivity index (χ3n) is 5.78. The Bertz CT molecular complexity index is 1240. The fourth-order valence-electron chi connectivity index (χ4n) is 3.81. The molecule has 4 aromatic rings. The van der Waals surface area contributed by atoms with E-state index in [0.29, 0.717) is 23.9 Å². The summed E-state index contributed by atoms with van der Waals surface area (Å²) in [5.41, 5.74) is 2.97. The quantitative estimate of drug-likeness (QED) is 0.229. The first kappa shape index (κ1) is 26.4. The molecule has 0 radical (unpaired) electrons. The van der Waals surface area contributed by atoms with Gasteiger partial charge in [-0.2, -0.15) is 0 Å². The summed E-state index contributed by atoms with van der Waals surface area (Å²) in [7, 11) is 0. The van der Waals surface area contributed by atoms with Gasteiger partial charge in [0.25, 0.3) is 0 Å². The minimum absolute atomic E-state index is 0.121. The van der Waals surface area contributed by atoms with Crippen LogP contribution in [0.4, 0.5) is 5.69 Å². The van der Waals surface area contributed by atoms with Crippen LogP contribution >= 0.6 is 11.6 Å². The zero-order valence-electron chi connectivity index (χ0n) is 20.5. The molecule has 1 heterocycles. The van der Waals surface area contributed by atoms with E-state index >= 15 is 0 Å². The minimum Gasteiger partial charge on any atom is -0.491 e. The molecule has 0 fully saturated rings. The first-order valence-electron chi connectivity index (χ1n) is 12.2. The molecular weight excluding hydrogens is 488 g/mol. The van der Waals surface area contributed by atoms with Gasteiger partial charge in [0.2, 0.25) is 5.91 Å². The van der Waals surface area contributed by atoms with Gasteiger partial charge in [0.05, 0.1) is 6.42 Å². The second-order valence-corrected chi connectivity index (χ2v) is 9.19. The molecule has 3 aromatic carbocycles. The summed E-state index contributed by atoms with van der Waals surface area (Å²) < 4.78 is 7.53. The van der Waals surface area contributed by atoms with Crippen LogP contribution in [0.2, 0.25) is 5.02 Å². The van der Waals surface area contributed by atoms with E-state index in [-0.39, 0.29) is 18.9 Å². The number of hydrogen-bond acceptors (Lipinski definition) is 5. The van der Waals surface area contributed by atoms with Gasteiger partial charge < -0.3 is 25.0 Å². The third-order valence-corrected chi connectivity index (χ3v) is 6.03. The monoisotopic (exact) mass is 518 g/mol. The number of rotatable bonds is 13. The van der Waals surface area contributed by atoms with Crippen molar-refractivity contribution in [3.8, 4) is 5.75 Å². The number of aliphatic hydroxyl groups excluding tert-OH is 1. The van der Waals surface area contributed by atoms with Gasteiger partial charge in [-0.15, -0.1) is 0 Å². The highest BCUT2D eigenvalue weighted by Gasteiger charge is 2.10. The lowest BCUT2D eigenvalue weighted by atomic mass is 10.1. The highest BCUT2D eigenvalue weighted by molar-refractivity contribution is 6.30. The third kappa shape index (κ3) is 8.75. The summed E-state index contributed by atoms with van der Waals surface area (Å²) in [6.07, 6.45) is 3.98. The van der Waals surface area contributed by atoms with E-state index in [1.807, 2.05) is 89.6 Å². The standard InChI is InChI=1S/C29H31ClN4O3/c30-24-10-6-23(7-11-24)20-34-17-16-32-28(34)18-29(36)33-25-12-8-22(9-13-25)14-15-31-19-26(35)21-37-27-4-2-1-3-5-27/h1-13,16-17,26,31,35H,14-15,18-21H2,(H,33,36)/t26-/m0/s1. The number of nitrogens with zero attached hydrogens (tertiary/aromatic N) is 2. The van der Waals surface area contributed by atoms with Crippen molar-refractivity contribution < 1.29 is 14.6 Å². The number of hydrogen-bond donors (Lipinski definition) is 3. The van der Waals surface area contributed by atoms with Crippen LogP contribution in [0.3, 0.4) is 0 Å².